The molecule has 0 aliphatic carbocycles. The Bertz CT molecular complexity index is 1440. The number of aliphatic hydroxyl groups excluding tert-OH is 1. The van der Waals surface area contributed by atoms with Crippen LogP contribution < -0.4 is 9.46 Å². The summed E-state index contributed by atoms with van der Waals surface area (Å²) < 4.78 is 35.3. The normalized spacial score (nSPS) is 14.4. The molecule has 6 nitrogen and oxygen atoms in total. The summed E-state index contributed by atoms with van der Waals surface area (Å²) in [5.41, 5.74) is 4.60. The van der Waals surface area contributed by atoms with Gasteiger partial charge in [0, 0.05) is 29.6 Å². The fourth-order valence-electron chi connectivity index (χ4n) is 4.34. The van der Waals surface area contributed by atoms with Crippen LogP contribution in [-0.2, 0) is 22.9 Å². The number of ether oxygens (including phenoxy) is 1. The Morgan fingerprint density at radius 2 is 1.79 bits per heavy atom. The average Bonchev–Trinajstić information content (AvgIpc) is 3.49. The van der Waals surface area contributed by atoms with Crippen molar-refractivity contribution in [3.05, 3.63) is 95.2 Å². The van der Waals surface area contributed by atoms with Gasteiger partial charge in [-0.3, -0.25) is 0 Å². The summed E-state index contributed by atoms with van der Waals surface area (Å²) in [5.74, 6) is 0.396. The fourth-order valence-corrected chi connectivity index (χ4v) is 5.79. The smallest absolute Gasteiger partial charge is 0.244 e. The minimum atomic E-state index is -3.94. The van der Waals surface area contributed by atoms with Gasteiger partial charge >= 0.3 is 0 Å². The zero-order valence-electron chi connectivity index (χ0n) is 18.6. The number of aromatic amines is 1. The van der Waals surface area contributed by atoms with Crippen molar-refractivity contribution >= 4 is 33.1 Å². The molecule has 7 heteroatoms. The highest BCUT2D eigenvalue weighted by atomic mass is 32.2. The van der Waals surface area contributed by atoms with Crippen molar-refractivity contribution in [1.82, 2.24) is 9.71 Å². The Hall–Kier alpha value is -3.39. The Morgan fingerprint density at radius 3 is 2.62 bits per heavy atom. The van der Waals surface area contributed by atoms with Gasteiger partial charge in [0.15, 0.2) is 0 Å². The number of benzene rings is 3. The monoisotopic (exact) mass is 474 g/mol. The van der Waals surface area contributed by atoms with Crippen molar-refractivity contribution < 1.29 is 18.3 Å². The van der Waals surface area contributed by atoms with Gasteiger partial charge < -0.3 is 14.8 Å². The molecule has 4 aromatic rings. The van der Waals surface area contributed by atoms with Crippen molar-refractivity contribution in [2.24, 2.45) is 0 Å². The standard InChI is InChI=1S/C27H26N2O4S/c30-18-23(16-22-17-28-25-9-5-4-8-24(22)25)29-34(31,32)26-15-20(14-21-12-13-33-27(21)26)11-10-19-6-2-1-3-7-19/h1-11,14-15,17,23,28-30H,12-13,16,18H2/b11-10+/t23-/m1/s1. The third kappa shape index (κ3) is 4.63. The fraction of sp³-hybridized carbons (Fsp3) is 0.185. The molecule has 0 amide bonds. The molecule has 1 atom stereocenters. The topological polar surface area (TPSA) is 91.4 Å². The number of hydrogen-bond acceptors (Lipinski definition) is 4. The second-order valence-electron chi connectivity index (χ2n) is 8.41. The van der Waals surface area contributed by atoms with Gasteiger partial charge in [0.05, 0.1) is 13.2 Å². The Kier molecular flexibility index (Phi) is 6.24. The number of H-pyrrole nitrogens is 1. The summed E-state index contributed by atoms with van der Waals surface area (Å²) in [7, 11) is -3.94. The van der Waals surface area contributed by atoms with E-state index in [4.69, 9.17) is 4.74 Å². The first kappa shape index (κ1) is 22.4. The van der Waals surface area contributed by atoms with E-state index in [2.05, 4.69) is 9.71 Å². The van der Waals surface area contributed by atoms with Crippen LogP contribution in [0.4, 0.5) is 0 Å². The van der Waals surface area contributed by atoms with Crippen LogP contribution in [0.1, 0.15) is 22.3 Å². The predicted molar refractivity (Wildman–Crippen MR) is 134 cm³/mol. The summed E-state index contributed by atoms with van der Waals surface area (Å²) in [6, 6.07) is 20.6. The highest BCUT2D eigenvalue weighted by Crippen LogP contribution is 2.35. The van der Waals surface area contributed by atoms with Gasteiger partial charge in [-0.1, -0.05) is 60.7 Å². The molecule has 0 radical (unpaired) electrons. The second kappa shape index (κ2) is 9.46. The van der Waals surface area contributed by atoms with Crippen molar-refractivity contribution in [3.63, 3.8) is 0 Å². The Labute approximate surface area is 199 Å². The van der Waals surface area contributed by atoms with E-state index in [9.17, 15) is 13.5 Å². The van der Waals surface area contributed by atoms with Gasteiger partial charge in [0.2, 0.25) is 10.0 Å². The quantitative estimate of drug-likeness (QED) is 0.335. The summed E-state index contributed by atoms with van der Waals surface area (Å²) >= 11 is 0. The van der Waals surface area contributed by atoms with Crippen LogP contribution in [0.3, 0.4) is 0 Å². The number of aromatic nitrogens is 1. The maximum absolute atomic E-state index is 13.4. The van der Waals surface area contributed by atoms with E-state index in [1.54, 1.807) is 6.07 Å². The molecular weight excluding hydrogens is 448 g/mol. The van der Waals surface area contributed by atoms with E-state index in [1.807, 2.05) is 79.0 Å². The molecule has 0 unspecified atom stereocenters. The van der Waals surface area contributed by atoms with Crippen molar-refractivity contribution in [3.8, 4) is 5.75 Å². The van der Waals surface area contributed by atoms with E-state index >= 15 is 0 Å². The van der Waals surface area contributed by atoms with Gasteiger partial charge in [-0.25, -0.2) is 13.1 Å². The zero-order chi connectivity index (χ0) is 23.5. The van der Waals surface area contributed by atoms with Crippen LogP contribution in [0.25, 0.3) is 23.1 Å². The summed E-state index contributed by atoms with van der Waals surface area (Å²) in [5, 5.41) is 11.0. The van der Waals surface area contributed by atoms with E-state index < -0.39 is 16.1 Å². The third-order valence-corrected chi connectivity index (χ3v) is 7.54. The molecule has 1 aromatic heterocycles. The van der Waals surface area contributed by atoms with E-state index in [0.29, 0.717) is 25.2 Å². The molecular formula is C27H26N2O4S. The highest BCUT2D eigenvalue weighted by molar-refractivity contribution is 7.89. The molecule has 5 rings (SSSR count). The molecule has 174 valence electrons. The molecule has 1 aliphatic rings. The van der Waals surface area contributed by atoms with Crippen molar-refractivity contribution in [1.29, 1.82) is 0 Å². The molecule has 0 spiro atoms. The van der Waals surface area contributed by atoms with Gasteiger partial charge in [0.1, 0.15) is 10.6 Å². The first-order valence-electron chi connectivity index (χ1n) is 11.2. The molecule has 0 saturated heterocycles. The third-order valence-electron chi connectivity index (χ3n) is 6.01. The van der Waals surface area contributed by atoms with E-state index in [0.717, 1.165) is 33.2 Å². The first-order chi connectivity index (χ1) is 16.5. The van der Waals surface area contributed by atoms with Crippen LogP contribution in [-0.4, -0.2) is 37.8 Å². The lowest BCUT2D eigenvalue weighted by atomic mass is 10.1. The number of sulfonamides is 1. The van der Waals surface area contributed by atoms with Crippen LogP contribution in [0.5, 0.6) is 5.75 Å². The number of para-hydroxylation sites is 1. The number of aliphatic hydroxyl groups is 1. The summed E-state index contributed by atoms with van der Waals surface area (Å²) in [6.45, 7) is 0.123. The number of nitrogens with one attached hydrogen (secondary N) is 2. The number of hydrogen-bond donors (Lipinski definition) is 3. The maximum atomic E-state index is 13.4. The lowest BCUT2D eigenvalue weighted by Gasteiger charge is -2.18. The SMILES string of the molecule is O=S(=O)(N[C@@H](CO)Cc1c[nH]c2ccccc12)c1cc(/C=C/c2ccccc2)cc2c1OCC2. The van der Waals surface area contributed by atoms with Gasteiger partial charge in [0.25, 0.3) is 0 Å². The van der Waals surface area contributed by atoms with Gasteiger partial charge in [-0.2, -0.15) is 0 Å². The molecule has 2 heterocycles. The predicted octanol–water partition coefficient (Wildman–Crippen LogP) is 4.16. The molecule has 34 heavy (non-hydrogen) atoms. The van der Waals surface area contributed by atoms with Crippen molar-refractivity contribution in [2.45, 2.75) is 23.8 Å². The lowest BCUT2D eigenvalue weighted by Crippen LogP contribution is -2.39. The van der Waals surface area contributed by atoms with Crippen LogP contribution in [0, 0.1) is 0 Å². The lowest BCUT2D eigenvalue weighted by molar-refractivity contribution is 0.256. The Balaban J connectivity index is 1.43. The molecule has 3 N–H and O–H groups in total. The maximum Gasteiger partial charge on any atom is 0.244 e. The van der Waals surface area contributed by atoms with Crippen LogP contribution in [0.2, 0.25) is 0 Å². The first-order valence-corrected chi connectivity index (χ1v) is 12.7. The molecule has 0 bridgehead atoms. The average molecular weight is 475 g/mol. The molecule has 0 fully saturated rings. The van der Waals surface area contributed by atoms with Gasteiger partial charge in [-0.05, 0) is 46.9 Å². The van der Waals surface area contributed by atoms with Crippen molar-refractivity contribution in [2.75, 3.05) is 13.2 Å². The number of fused-ring (bicyclic) bond motifs is 2. The second-order valence-corrected chi connectivity index (χ2v) is 10.1. The van der Waals surface area contributed by atoms with Crippen LogP contribution in [0.15, 0.2) is 77.8 Å². The van der Waals surface area contributed by atoms with E-state index in [-0.39, 0.29) is 11.5 Å². The molecule has 1 aliphatic heterocycles. The van der Waals surface area contributed by atoms with Gasteiger partial charge in [-0.15, -0.1) is 0 Å². The van der Waals surface area contributed by atoms with Crippen LogP contribution >= 0.6 is 0 Å². The highest BCUT2D eigenvalue weighted by Gasteiger charge is 2.28. The minimum absolute atomic E-state index is 0.104. The summed E-state index contributed by atoms with van der Waals surface area (Å²) in [6.07, 6.45) is 6.73. The summed E-state index contributed by atoms with van der Waals surface area (Å²) in [4.78, 5) is 3.30. The zero-order valence-corrected chi connectivity index (χ0v) is 19.4. The molecule has 3 aromatic carbocycles. The van der Waals surface area contributed by atoms with E-state index in [1.165, 1.54) is 0 Å². The molecule has 0 saturated carbocycles. The number of rotatable bonds is 8. The largest absolute Gasteiger partial charge is 0.492 e. The Morgan fingerprint density at radius 1 is 1.03 bits per heavy atom. The minimum Gasteiger partial charge on any atom is -0.492 e.